The number of aliphatic hydroxyl groups is 1. The van der Waals surface area contributed by atoms with Crippen molar-refractivity contribution in [3.05, 3.63) is 65.7 Å². The van der Waals surface area contributed by atoms with Crippen LogP contribution in [-0.4, -0.2) is 42.2 Å². The van der Waals surface area contributed by atoms with Gasteiger partial charge in [-0.05, 0) is 35.1 Å². The van der Waals surface area contributed by atoms with Gasteiger partial charge in [-0.1, -0.05) is 90.9 Å². The van der Waals surface area contributed by atoms with Crippen LogP contribution in [0.15, 0.2) is 54.6 Å². The van der Waals surface area contributed by atoms with Crippen LogP contribution in [0.25, 0.3) is 0 Å². The van der Waals surface area contributed by atoms with Gasteiger partial charge < -0.3 is 10.0 Å². The lowest BCUT2D eigenvalue weighted by molar-refractivity contribution is -0.307. The summed E-state index contributed by atoms with van der Waals surface area (Å²) in [5.74, 6) is 0. The maximum atomic E-state index is 12.2. The van der Waals surface area contributed by atoms with E-state index in [4.69, 9.17) is 0 Å². The molecule has 1 heterocycles. The summed E-state index contributed by atoms with van der Waals surface area (Å²) in [6.45, 7) is 20.0. The zero-order valence-corrected chi connectivity index (χ0v) is 21.2. The molecule has 0 spiro atoms. The second-order valence-electron chi connectivity index (χ2n) is 11.7. The lowest BCUT2D eigenvalue weighted by Crippen LogP contribution is -2.79. The van der Waals surface area contributed by atoms with Crippen molar-refractivity contribution in [1.29, 1.82) is 0 Å². The van der Waals surface area contributed by atoms with Crippen molar-refractivity contribution in [2.75, 3.05) is 31.1 Å². The molecule has 1 saturated carbocycles. The summed E-state index contributed by atoms with van der Waals surface area (Å²) in [5, 5.41) is 12.2. The van der Waals surface area contributed by atoms with E-state index >= 15 is 0 Å². The number of anilines is 1. The molecule has 0 unspecified atom stereocenters. The van der Waals surface area contributed by atoms with Gasteiger partial charge in [-0.2, -0.15) is 0 Å². The molecule has 0 bridgehead atoms. The van der Waals surface area contributed by atoms with Crippen molar-refractivity contribution in [3.8, 4) is 0 Å². The first-order chi connectivity index (χ1) is 15.0. The van der Waals surface area contributed by atoms with Gasteiger partial charge in [0.2, 0.25) is 0 Å². The van der Waals surface area contributed by atoms with Gasteiger partial charge in [0.1, 0.15) is 5.60 Å². The van der Waals surface area contributed by atoms with Crippen molar-refractivity contribution in [2.24, 2.45) is 10.8 Å². The summed E-state index contributed by atoms with van der Waals surface area (Å²) in [5.41, 5.74) is 2.56. The van der Waals surface area contributed by atoms with Crippen LogP contribution in [0.4, 0.5) is 5.69 Å². The van der Waals surface area contributed by atoms with Gasteiger partial charge in [0.05, 0.1) is 0 Å². The zero-order chi connectivity index (χ0) is 23.4. The van der Waals surface area contributed by atoms with Gasteiger partial charge >= 0.3 is 0 Å². The van der Waals surface area contributed by atoms with E-state index in [1.54, 1.807) is 0 Å². The zero-order valence-electron chi connectivity index (χ0n) is 21.2. The maximum Gasteiger partial charge on any atom is 0.103 e. The van der Waals surface area contributed by atoms with E-state index < -0.39 is 5.60 Å². The van der Waals surface area contributed by atoms with Crippen LogP contribution in [0.5, 0.6) is 0 Å². The van der Waals surface area contributed by atoms with Gasteiger partial charge in [0.15, 0.2) is 0 Å². The molecule has 1 N–H and O–H groups in total. The van der Waals surface area contributed by atoms with Crippen LogP contribution < -0.4 is 4.90 Å². The number of hydrogen-bond donors (Lipinski definition) is 1. The summed E-state index contributed by atoms with van der Waals surface area (Å²) >= 11 is 0. The second kappa shape index (κ2) is 7.88. The minimum atomic E-state index is -0.851. The van der Waals surface area contributed by atoms with Gasteiger partial charge in [0.25, 0.3) is 0 Å². The molecular weight excluding hydrogens is 392 g/mol. The molecule has 0 amide bonds. The predicted molar refractivity (Wildman–Crippen MR) is 135 cm³/mol. The maximum absolute atomic E-state index is 12.2. The average Bonchev–Trinajstić information content (AvgIpc) is 2.79. The van der Waals surface area contributed by atoms with Crippen LogP contribution in [0.2, 0.25) is 0 Å². The van der Waals surface area contributed by atoms with E-state index in [2.05, 4.69) is 113 Å². The number of para-hydroxylation sites is 1. The molecule has 2 aromatic carbocycles. The van der Waals surface area contributed by atoms with Crippen LogP contribution in [-0.2, 0) is 11.0 Å². The highest BCUT2D eigenvalue weighted by Crippen LogP contribution is 2.68. The highest BCUT2D eigenvalue weighted by molar-refractivity contribution is 5.46. The number of piperazine rings is 1. The van der Waals surface area contributed by atoms with Crippen LogP contribution in [0, 0.1) is 10.8 Å². The highest BCUT2D eigenvalue weighted by Gasteiger charge is 2.73. The normalized spacial score (nSPS) is 27.8. The topological polar surface area (TPSA) is 26.7 Å². The smallest absolute Gasteiger partial charge is 0.103 e. The molecule has 0 radical (unpaired) electrons. The molecule has 2 fully saturated rings. The Morgan fingerprint density at radius 2 is 1.38 bits per heavy atom. The Balaban J connectivity index is 1.54. The summed E-state index contributed by atoms with van der Waals surface area (Å²) < 4.78 is 0. The largest absolute Gasteiger partial charge is 0.384 e. The Morgan fingerprint density at radius 3 is 1.88 bits per heavy atom. The quantitative estimate of drug-likeness (QED) is 0.642. The van der Waals surface area contributed by atoms with E-state index in [-0.39, 0.29) is 16.2 Å². The number of nitrogens with zero attached hydrogens (tertiary/aromatic N) is 2. The van der Waals surface area contributed by atoms with E-state index in [1.165, 1.54) is 11.3 Å². The Kier molecular flexibility index (Phi) is 5.75. The fourth-order valence-electron chi connectivity index (χ4n) is 6.95. The van der Waals surface area contributed by atoms with Crippen molar-refractivity contribution in [1.82, 2.24) is 4.90 Å². The summed E-state index contributed by atoms with van der Waals surface area (Å²) in [6, 6.07) is 19.9. The van der Waals surface area contributed by atoms with E-state index in [9.17, 15) is 5.11 Å². The van der Waals surface area contributed by atoms with Gasteiger partial charge in [-0.15, -0.1) is 0 Å². The first kappa shape index (κ1) is 23.3. The van der Waals surface area contributed by atoms with Gasteiger partial charge in [0, 0.05) is 48.7 Å². The van der Waals surface area contributed by atoms with Crippen molar-refractivity contribution < 1.29 is 5.11 Å². The third-order valence-electron chi connectivity index (χ3n) is 9.00. The minimum Gasteiger partial charge on any atom is -0.384 e. The van der Waals surface area contributed by atoms with Crippen molar-refractivity contribution in [2.45, 2.75) is 71.9 Å². The molecular formula is C29H42N2O. The standard InChI is InChI=1S/C29H42N2O/c1-8-26(2,3)22-14-16-23(17-15-22)29(32)27(4,5)25(28(29,6)7)31-20-18-30(19-21-31)24-12-10-9-11-13-24/h9-17,25,32H,8,18-21H2,1-7H3. The molecule has 32 heavy (non-hydrogen) atoms. The Bertz CT molecular complexity index is 905. The third kappa shape index (κ3) is 3.31. The number of rotatable bonds is 5. The summed E-state index contributed by atoms with van der Waals surface area (Å²) in [4.78, 5) is 5.11. The Labute approximate surface area is 195 Å². The first-order valence-corrected chi connectivity index (χ1v) is 12.3. The molecule has 2 aliphatic rings. The Hall–Kier alpha value is -1.84. The average molecular weight is 435 g/mol. The lowest BCUT2D eigenvalue weighted by Gasteiger charge is -2.72. The molecule has 3 heteroatoms. The van der Waals surface area contributed by atoms with Crippen LogP contribution in [0.1, 0.15) is 66.0 Å². The van der Waals surface area contributed by atoms with Crippen molar-refractivity contribution >= 4 is 5.69 Å². The minimum absolute atomic E-state index is 0.159. The van der Waals surface area contributed by atoms with E-state index in [0.717, 1.165) is 38.2 Å². The van der Waals surface area contributed by atoms with Crippen LogP contribution >= 0.6 is 0 Å². The lowest BCUT2D eigenvalue weighted by atomic mass is 9.39. The molecule has 2 aromatic rings. The predicted octanol–water partition coefficient (Wildman–Crippen LogP) is 5.82. The van der Waals surface area contributed by atoms with E-state index in [0.29, 0.717) is 6.04 Å². The molecule has 4 rings (SSSR count). The highest BCUT2D eigenvalue weighted by atomic mass is 16.3. The molecule has 3 nitrogen and oxygen atoms in total. The van der Waals surface area contributed by atoms with E-state index in [1.807, 2.05) is 0 Å². The molecule has 1 aliphatic carbocycles. The monoisotopic (exact) mass is 434 g/mol. The van der Waals surface area contributed by atoms with Gasteiger partial charge in [-0.3, -0.25) is 4.90 Å². The summed E-state index contributed by atoms with van der Waals surface area (Å²) in [6.07, 6.45) is 1.10. The molecule has 0 atom stereocenters. The van der Waals surface area contributed by atoms with Gasteiger partial charge in [-0.25, -0.2) is 0 Å². The van der Waals surface area contributed by atoms with Crippen molar-refractivity contribution in [3.63, 3.8) is 0 Å². The fraction of sp³-hybridized carbons (Fsp3) is 0.586. The Morgan fingerprint density at radius 1 is 0.844 bits per heavy atom. The molecule has 1 saturated heterocycles. The second-order valence-corrected chi connectivity index (χ2v) is 11.7. The first-order valence-electron chi connectivity index (χ1n) is 12.3. The number of hydrogen-bond acceptors (Lipinski definition) is 3. The number of benzene rings is 2. The SMILES string of the molecule is CCC(C)(C)c1ccc(C2(O)C(C)(C)C(N3CCN(c4ccccc4)CC3)C2(C)C)cc1. The van der Waals surface area contributed by atoms with Crippen LogP contribution in [0.3, 0.4) is 0 Å². The summed E-state index contributed by atoms with van der Waals surface area (Å²) in [7, 11) is 0. The third-order valence-corrected chi connectivity index (χ3v) is 9.00. The fourth-order valence-corrected chi connectivity index (χ4v) is 6.95. The molecule has 1 aliphatic heterocycles. The molecule has 174 valence electrons. The molecule has 0 aromatic heterocycles.